The molecule has 1 aromatic rings. The van der Waals surface area contributed by atoms with E-state index in [1.54, 1.807) is 0 Å². The first-order valence-electron chi connectivity index (χ1n) is 9.44. The smallest absolute Gasteiger partial charge is 0.307 e. The SMILES string of the molecule is COC(=O)CC(NC(=O)C1CCCC(N)C1)c1ccc(C(C)(C)C)cc1. The fraction of sp³-hybridized carbons (Fsp3) is 0.619. The molecule has 0 saturated heterocycles. The standard InChI is InChI=1S/C21H32N2O3/c1-21(2,3)16-10-8-14(9-11-16)18(13-19(24)26-4)23-20(25)15-6-5-7-17(22)12-15/h8-11,15,17-18H,5-7,12-13,22H2,1-4H3,(H,23,25). The third-order valence-corrected chi connectivity index (χ3v) is 5.18. The molecule has 1 aliphatic carbocycles. The molecule has 0 aromatic heterocycles. The first-order valence-corrected chi connectivity index (χ1v) is 9.44. The number of benzene rings is 1. The van der Waals surface area contributed by atoms with Crippen LogP contribution in [-0.2, 0) is 19.7 Å². The molecular formula is C21H32N2O3. The zero-order chi connectivity index (χ0) is 19.3. The van der Waals surface area contributed by atoms with Crippen LogP contribution in [0, 0.1) is 5.92 Å². The molecule has 1 aliphatic rings. The topological polar surface area (TPSA) is 81.4 Å². The lowest BCUT2D eigenvalue weighted by Gasteiger charge is -2.28. The third kappa shape index (κ3) is 5.56. The number of amides is 1. The van der Waals surface area contributed by atoms with Crippen LogP contribution < -0.4 is 11.1 Å². The highest BCUT2D eigenvalue weighted by Gasteiger charge is 2.28. The second-order valence-corrected chi connectivity index (χ2v) is 8.34. The molecule has 5 heteroatoms. The number of rotatable bonds is 5. The fourth-order valence-corrected chi connectivity index (χ4v) is 3.47. The average Bonchev–Trinajstić information content (AvgIpc) is 2.60. The summed E-state index contributed by atoms with van der Waals surface area (Å²) in [6.07, 6.45) is 3.63. The normalized spacial score (nSPS) is 21.7. The van der Waals surface area contributed by atoms with E-state index in [0.29, 0.717) is 6.42 Å². The Morgan fingerprint density at radius 3 is 2.42 bits per heavy atom. The molecular weight excluding hydrogens is 328 g/mol. The summed E-state index contributed by atoms with van der Waals surface area (Å²) in [6.45, 7) is 6.46. The number of nitrogens with one attached hydrogen (secondary N) is 1. The Hall–Kier alpha value is -1.88. The van der Waals surface area contributed by atoms with E-state index >= 15 is 0 Å². The van der Waals surface area contributed by atoms with Gasteiger partial charge in [-0.2, -0.15) is 0 Å². The van der Waals surface area contributed by atoms with Gasteiger partial charge in [0, 0.05) is 12.0 Å². The Labute approximate surface area is 156 Å². The first kappa shape index (κ1) is 20.4. The highest BCUT2D eigenvalue weighted by Crippen LogP contribution is 2.27. The maximum Gasteiger partial charge on any atom is 0.307 e. The summed E-state index contributed by atoms with van der Waals surface area (Å²) in [6, 6.07) is 7.79. The van der Waals surface area contributed by atoms with Crippen LogP contribution in [0.15, 0.2) is 24.3 Å². The van der Waals surface area contributed by atoms with E-state index in [4.69, 9.17) is 10.5 Å². The van der Waals surface area contributed by atoms with Gasteiger partial charge < -0.3 is 15.8 Å². The number of hydrogen-bond acceptors (Lipinski definition) is 4. The van der Waals surface area contributed by atoms with Crippen molar-refractivity contribution in [2.24, 2.45) is 11.7 Å². The van der Waals surface area contributed by atoms with Gasteiger partial charge in [0.2, 0.25) is 5.91 Å². The minimum atomic E-state index is -0.387. The summed E-state index contributed by atoms with van der Waals surface area (Å²) in [5, 5.41) is 3.05. The Bertz CT molecular complexity index is 619. The van der Waals surface area contributed by atoms with Gasteiger partial charge in [0.05, 0.1) is 19.6 Å². The summed E-state index contributed by atoms with van der Waals surface area (Å²) in [7, 11) is 1.37. The minimum absolute atomic E-state index is 0.0195. The lowest BCUT2D eigenvalue weighted by Crippen LogP contribution is -2.40. The largest absolute Gasteiger partial charge is 0.469 e. The predicted molar refractivity (Wildman–Crippen MR) is 103 cm³/mol. The molecule has 1 amide bonds. The van der Waals surface area contributed by atoms with E-state index in [2.05, 4.69) is 38.2 Å². The molecule has 1 fully saturated rings. The lowest BCUT2D eigenvalue weighted by molar-refractivity contribution is -0.141. The van der Waals surface area contributed by atoms with Crippen molar-refractivity contribution in [2.45, 2.75) is 70.4 Å². The van der Waals surface area contributed by atoms with Gasteiger partial charge in [-0.15, -0.1) is 0 Å². The summed E-state index contributed by atoms with van der Waals surface area (Å²) in [5.41, 5.74) is 8.19. The van der Waals surface area contributed by atoms with E-state index < -0.39 is 0 Å². The molecule has 5 nitrogen and oxygen atoms in total. The van der Waals surface area contributed by atoms with Crippen LogP contribution in [0.1, 0.15) is 70.0 Å². The maximum atomic E-state index is 12.7. The minimum Gasteiger partial charge on any atom is -0.469 e. The van der Waals surface area contributed by atoms with Crippen molar-refractivity contribution in [1.29, 1.82) is 0 Å². The van der Waals surface area contributed by atoms with Crippen molar-refractivity contribution in [3.8, 4) is 0 Å². The summed E-state index contributed by atoms with van der Waals surface area (Å²) in [4.78, 5) is 24.5. The molecule has 0 aliphatic heterocycles. The quantitative estimate of drug-likeness (QED) is 0.790. The summed E-state index contributed by atoms with van der Waals surface area (Å²) < 4.78 is 4.81. The number of carbonyl (C=O) groups excluding carboxylic acids is 2. The van der Waals surface area contributed by atoms with Crippen LogP contribution >= 0.6 is 0 Å². The van der Waals surface area contributed by atoms with Gasteiger partial charge in [-0.3, -0.25) is 9.59 Å². The Morgan fingerprint density at radius 2 is 1.88 bits per heavy atom. The molecule has 26 heavy (non-hydrogen) atoms. The fourth-order valence-electron chi connectivity index (χ4n) is 3.47. The highest BCUT2D eigenvalue weighted by atomic mass is 16.5. The molecule has 2 rings (SSSR count). The molecule has 1 saturated carbocycles. The Balaban J connectivity index is 2.15. The Kier molecular flexibility index (Phi) is 6.81. The Morgan fingerprint density at radius 1 is 1.23 bits per heavy atom. The van der Waals surface area contributed by atoms with Crippen LogP contribution in [0.2, 0.25) is 0 Å². The van der Waals surface area contributed by atoms with Crippen molar-refractivity contribution in [3.63, 3.8) is 0 Å². The van der Waals surface area contributed by atoms with Crippen molar-refractivity contribution >= 4 is 11.9 Å². The van der Waals surface area contributed by atoms with Gasteiger partial charge in [0.15, 0.2) is 0 Å². The van der Waals surface area contributed by atoms with Crippen LogP contribution in [0.4, 0.5) is 0 Å². The van der Waals surface area contributed by atoms with Gasteiger partial charge in [-0.25, -0.2) is 0 Å². The molecule has 3 N–H and O–H groups in total. The third-order valence-electron chi connectivity index (χ3n) is 5.18. The molecule has 1 aromatic carbocycles. The van der Waals surface area contributed by atoms with Crippen molar-refractivity contribution in [3.05, 3.63) is 35.4 Å². The van der Waals surface area contributed by atoms with Crippen molar-refractivity contribution < 1.29 is 14.3 Å². The molecule has 0 spiro atoms. The molecule has 0 heterocycles. The summed E-state index contributed by atoms with van der Waals surface area (Å²) >= 11 is 0. The zero-order valence-electron chi connectivity index (χ0n) is 16.4. The number of nitrogens with two attached hydrogens (primary N) is 1. The van der Waals surface area contributed by atoms with E-state index in [9.17, 15) is 9.59 Å². The monoisotopic (exact) mass is 360 g/mol. The van der Waals surface area contributed by atoms with Gasteiger partial charge in [-0.1, -0.05) is 51.5 Å². The van der Waals surface area contributed by atoms with Crippen LogP contribution in [0.5, 0.6) is 0 Å². The van der Waals surface area contributed by atoms with Crippen molar-refractivity contribution in [1.82, 2.24) is 5.32 Å². The van der Waals surface area contributed by atoms with Crippen LogP contribution in [0.25, 0.3) is 0 Å². The second kappa shape index (κ2) is 8.67. The van der Waals surface area contributed by atoms with Gasteiger partial charge in [0.25, 0.3) is 0 Å². The van der Waals surface area contributed by atoms with E-state index in [-0.39, 0.29) is 41.7 Å². The van der Waals surface area contributed by atoms with E-state index in [1.165, 1.54) is 12.7 Å². The van der Waals surface area contributed by atoms with E-state index in [1.807, 2.05) is 12.1 Å². The molecule has 3 unspecified atom stereocenters. The predicted octanol–water partition coefficient (Wildman–Crippen LogP) is 3.22. The summed E-state index contributed by atoms with van der Waals surface area (Å²) in [5.74, 6) is -0.433. The van der Waals surface area contributed by atoms with Crippen LogP contribution in [-0.4, -0.2) is 25.0 Å². The lowest BCUT2D eigenvalue weighted by atomic mass is 9.84. The van der Waals surface area contributed by atoms with Gasteiger partial charge in [0.1, 0.15) is 0 Å². The average molecular weight is 360 g/mol. The molecule has 0 bridgehead atoms. The number of esters is 1. The maximum absolute atomic E-state index is 12.7. The molecule has 144 valence electrons. The number of carbonyl (C=O) groups is 2. The molecule has 3 atom stereocenters. The second-order valence-electron chi connectivity index (χ2n) is 8.34. The van der Waals surface area contributed by atoms with Crippen molar-refractivity contribution in [2.75, 3.05) is 7.11 Å². The van der Waals surface area contributed by atoms with Gasteiger partial charge in [-0.05, 0) is 35.8 Å². The molecule has 0 radical (unpaired) electrons. The first-order chi connectivity index (χ1) is 12.2. The van der Waals surface area contributed by atoms with Crippen LogP contribution in [0.3, 0.4) is 0 Å². The number of methoxy groups -OCH3 is 1. The number of hydrogen-bond donors (Lipinski definition) is 2. The van der Waals surface area contributed by atoms with E-state index in [0.717, 1.165) is 24.8 Å². The van der Waals surface area contributed by atoms with Gasteiger partial charge >= 0.3 is 5.97 Å². The highest BCUT2D eigenvalue weighted by molar-refractivity contribution is 5.80. The number of ether oxygens (including phenoxy) is 1. The zero-order valence-corrected chi connectivity index (χ0v) is 16.4.